The molecule has 2 unspecified atom stereocenters. The Morgan fingerprint density at radius 2 is 1.57 bits per heavy atom. The zero-order valence-electron chi connectivity index (χ0n) is 16.8. The average Bonchev–Trinajstić information content (AvgIpc) is 2.61. The smallest absolute Gasteiger partial charge is 0.550 e. The molecule has 1 aromatic heterocycles. The predicted molar refractivity (Wildman–Crippen MR) is 93.5 cm³/mol. The summed E-state index contributed by atoms with van der Waals surface area (Å²) in [6.45, 7) is -1.10. The summed E-state index contributed by atoms with van der Waals surface area (Å²) in [6.07, 6.45) is 0.341. The number of hydrogen-bond acceptors (Lipinski definition) is 11. The van der Waals surface area contributed by atoms with Gasteiger partial charge in [0.05, 0.1) is 6.61 Å². The van der Waals surface area contributed by atoms with Crippen LogP contribution in [-0.2, 0) is 15.1 Å². The summed E-state index contributed by atoms with van der Waals surface area (Å²) in [5.41, 5.74) is 10.5. The Bertz CT molecular complexity index is 737. The van der Waals surface area contributed by atoms with Gasteiger partial charge in [0, 0.05) is 25.0 Å². The fraction of sp³-hybridized carbons (Fsp3) is 0.467. The van der Waals surface area contributed by atoms with Crippen LogP contribution in [0.15, 0.2) is 0 Å². The first-order valence-corrected chi connectivity index (χ1v) is 7.77. The van der Waals surface area contributed by atoms with Crippen LogP contribution in [0.5, 0.6) is 0 Å². The number of aliphatic carboxylic acids is 1. The Hall–Kier alpha value is -1.16. The Balaban J connectivity index is -0.00000243. The van der Waals surface area contributed by atoms with Gasteiger partial charge in [-0.05, 0) is 12.3 Å². The molecule has 30 heavy (non-hydrogen) atoms. The number of nitrogens with zero attached hydrogens (tertiary/aromatic N) is 2. The number of hydrogen-bond donors (Lipinski definition) is 5. The minimum absolute atomic E-state index is 0. The normalized spacial score (nSPS) is 11.5. The fourth-order valence-electron chi connectivity index (χ4n) is 2.15. The van der Waals surface area contributed by atoms with Gasteiger partial charge in [-0.15, -0.1) is 6.42 Å². The van der Waals surface area contributed by atoms with Gasteiger partial charge in [0.15, 0.2) is 28.8 Å². The molecule has 156 valence electrons. The van der Waals surface area contributed by atoms with Gasteiger partial charge >= 0.3 is 59.1 Å². The third kappa shape index (κ3) is 10.2. The second kappa shape index (κ2) is 16.5. The first-order valence-electron chi connectivity index (χ1n) is 7.77. The second-order valence-corrected chi connectivity index (χ2v) is 5.64. The van der Waals surface area contributed by atoms with E-state index in [1.54, 1.807) is 0 Å². The summed E-state index contributed by atoms with van der Waals surface area (Å²) in [7, 11) is 0. The molecule has 0 bridgehead atoms. The quantitative estimate of drug-likeness (QED) is 0.0922. The predicted octanol–water partition coefficient (Wildman–Crippen LogP) is -10.4. The van der Waals surface area contributed by atoms with Crippen molar-refractivity contribution in [3.63, 3.8) is 0 Å². The molecule has 0 spiro atoms. The Kier molecular flexibility index (Phi) is 18.4. The zero-order chi connectivity index (χ0) is 20.6. The van der Waals surface area contributed by atoms with Crippen LogP contribution in [0.4, 0.5) is 11.6 Å². The maximum atomic E-state index is 12.2. The van der Waals surface area contributed by atoms with Crippen molar-refractivity contribution in [2.24, 2.45) is 5.92 Å². The van der Waals surface area contributed by atoms with E-state index in [2.05, 4.69) is 15.3 Å². The van der Waals surface area contributed by atoms with Crippen LogP contribution < -0.4 is 81.0 Å². The van der Waals surface area contributed by atoms with Crippen LogP contribution in [0.2, 0.25) is 0 Å². The van der Waals surface area contributed by atoms with E-state index in [0.717, 1.165) is 0 Å². The van der Waals surface area contributed by atoms with Gasteiger partial charge in [0.25, 0.3) is 5.91 Å². The van der Waals surface area contributed by atoms with Crippen molar-refractivity contribution in [3.05, 3.63) is 11.4 Å². The van der Waals surface area contributed by atoms with Crippen molar-refractivity contribution in [2.45, 2.75) is 25.3 Å². The Morgan fingerprint density at radius 1 is 1.03 bits per heavy atom. The summed E-state index contributed by atoms with van der Waals surface area (Å²) in [5.74, 6) is -4.78. The summed E-state index contributed by atoms with van der Waals surface area (Å²) in [4.78, 5) is 52.7. The molecular formula is C15H22N5Na2O8+. The number of ketones is 1. The van der Waals surface area contributed by atoms with Crippen molar-refractivity contribution in [3.8, 4) is 0 Å². The van der Waals surface area contributed by atoms with E-state index < -0.39 is 73.0 Å². The van der Waals surface area contributed by atoms with Crippen LogP contribution in [0, 0.1) is 5.92 Å². The maximum Gasteiger partial charge on any atom is 1.00 e. The first kappa shape index (κ1) is 33.5. The molecule has 0 aromatic carbocycles. The van der Waals surface area contributed by atoms with Crippen LogP contribution >= 0.6 is 0 Å². The van der Waals surface area contributed by atoms with Gasteiger partial charge in [-0.25, -0.2) is 9.97 Å². The summed E-state index contributed by atoms with van der Waals surface area (Å²) < 4.78 is 0. The molecule has 1 rings (SSSR count). The monoisotopic (exact) mass is 446 g/mol. The van der Waals surface area contributed by atoms with Gasteiger partial charge in [0.1, 0.15) is 0 Å². The Morgan fingerprint density at radius 3 is 2.03 bits per heavy atom. The number of carboxylic acids is 1. The second-order valence-electron chi connectivity index (χ2n) is 5.64. The van der Waals surface area contributed by atoms with Crippen molar-refractivity contribution in [2.75, 3.05) is 24.7 Å². The van der Waals surface area contributed by atoms with Gasteiger partial charge < -0.3 is 47.2 Å². The molecule has 1 heterocycles. The molecule has 0 aliphatic carbocycles. The fourth-order valence-corrected chi connectivity index (χ4v) is 2.15. The van der Waals surface area contributed by atoms with E-state index in [1.807, 2.05) is 0 Å². The molecule has 0 aliphatic heterocycles. The van der Waals surface area contributed by atoms with Gasteiger partial charge in [-0.1, -0.05) is 0 Å². The van der Waals surface area contributed by atoms with E-state index in [0.29, 0.717) is 0 Å². The number of amides is 1. The third-order valence-corrected chi connectivity index (χ3v) is 3.50. The van der Waals surface area contributed by atoms with E-state index >= 15 is 0 Å². The molecule has 1 aromatic rings. The van der Waals surface area contributed by atoms with Crippen molar-refractivity contribution >= 4 is 35.6 Å². The molecule has 0 radical (unpaired) electrons. The minimum atomic E-state index is -1.43. The molecular weight excluding hydrogens is 424 g/mol. The van der Waals surface area contributed by atoms with E-state index in [9.17, 15) is 24.3 Å². The summed E-state index contributed by atoms with van der Waals surface area (Å²) in [5, 5.41) is 31.1. The molecule has 0 fully saturated rings. The van der Waals surface area contributed by atoms with Crippen LogP contribution in [0.3, 0.4) is 0 Å². The Labute approximate surface area is 215 Å². The van der Waals surface area contributed by atoms with Crippen LogP contribution in [-0.4, -0.2) is 63.4 Å². The van der Waals surface area contributed by atoms with E-state index in [1.165, 1.54) is 6.29 Å². The van der Waals surface area contributed by atoms with Crippen molar-refractivity contribution in [1.82, 2.24) is 15.3 Å². The number of carbonyl (C=O) groups is 3. The van der Waals surface area contributed by atoms with Crippen LogP contribution in [0.1, 0.15) is 40.2 Å². The zero-order valence-corrected chi connectivity index (χ0v) is 20.8. The minimum Gasteiger partial charge on any atom is -0.550 e. The summed E-state index contributed by atoms with van der Waals surface area (Å²) >= 11 is 0. The number of carboxylic acid groups (broad SMARTS) is 1. The van der Waals surface area contributed by atoms with Crippen molar-refractivity contribution in [1.29, 1.82) is 0 Å². The first-order chi connectivity index (χ1) is 12.7. The number of aromatic nitrogens is 2. The average molecular weight is 446 g/mol. The van der Waals surface area contributed by atoms with Gasteiger partial charge in [-0.2, -0.15) is 0 Å². The number of Topliss-reactive ketones (excluding diaryl/α,β-unsaturated/α-hetero) is 1. The van der Waals surface area contributed by atoms with Gasteiger partial charge in [-0.3, -0.25) is 15.9 Å². The largest absolute Gasteiger partial charge is 1.00 e. The number of aliphatic hydroxyl groups is 2. The number of carbonyl (C=O) groups excluding carboxylic acids is 4. The topological polar surface area (TPSA) is 255 Å². The SMILES string of the molecule is Nc1nc(C(=O)NC(CO)C[C-]=O)c(N)nc1C(=O)CC(CO)CC(=O)[O-].[Na+].[Na+].[OH3+]. The molecule has 0 saturated carbocycles. The molecule has 15 heteroatoms. The number of nitrogens with one attached hydrogen (secondary N) is 1. The summed E-state index contributed by atoms with van der Waals surface area (Å²) in [6, 6.07) is -0.909. The molecule has 0 aliphatic rings. The number of aliphatic hydroxyl groups excluding tert-OH is 2. The number of rotatable bonds is 11. The molecule has 0 saturated heterocycles. The van der Waals surface area contributed by atoms with E-state index in [-0.39, 0.29) is 76.7 Å². The number of anilines is 2. The van der Waals surface area contributed by atoms with Gasteiger partial charge in [0.2, 0.25) is 0 Å². The molecule has 1 amide bonds. The molecule has 2 atom stereocenters. The number of nitrogen functional groups attached to an aromatic ring is 2. The molecule has 13 nitrogen and oxygen atoms in total. The van der Waals surface area contributed by atoms with E-state index in [4.69, 9.17) is 21.7 Å². The third-order valence-electron chi connectivity index (χ3n) is 3.50. The molecule has 10 N–H and O–H groups in total. The maximum absolute atomic E-state index is 12.2. The van der Waals surface area contributed by atoms with Crippen LogP contribution in [0.25, 0.3) is 0 Å². The number of nitrogens with two attached hydrogens (primary N) is 2. The standard InChI is InChI=1S/C15H20N5O7.2Na.H2O/c16-13-11(9(24)3-7(5-22)4-10(25)26)19-14(17)12(20-13)15(27)18-8(6-23)1-2-21;;;/h7-8,22-23H,1,3-6H2,(H2,16,20)(H2,17,19)(H,18,27)(H,25,26);;;1H2/q-1;2*+1;. The van der Waals surface area contributed by atoms with Crippen molar-refractivity contribution < 1.29 is 99.1 Å².